The second-order valence-corrected chi connectivity index (χ2v) is 6.49. The van der Waals surface area contributed by atoms with Crippen LogP contribution in [0.5, 0.6) is 0 Å². The third-order valence-electron chi connectivity index (χ3n) is 4.02. The number of nitrogens with zero attached hydrogens (tertiary/aromatic N) is 2. The Morgan fingerprint density at radius 2 is 2.09 bits per heavy atom. The van der Waals surface area contributed by atoms with Crippen LogP contribution in [0.1, 0.15) is 29.5 Å². The highest BCUT2D eigenvalue weighted by Gasteiger charge is 2.24. The van der Waals surface area contributed by atoms with Crippen molar-refractivity contribution < 1.29 is 4.74 Å². The fourth-order valence-electron chi connectivity index (χ4n) is 2.90. The normalized spacial score (nSPS) is 17.4. The van der Waals surface area contributed by atoms with Crippen LogP contribution in [0.3, 0.4) is 0 Å². The van der Waals surface area contributed by atoms with Gasteiger partial charge in [-0.2, -0.15) is 0 Å². The SMILES string of the molecule is COC1CCCc2nc(Nc3ccc4ccccc4n3)sc21. The Morgan fingerprint density at radius 1 is 1.18 bits per heavy atom. The Bertz CT molecular complexity index is 815. The Labute approximate surface area is 133 Å². The third kappa shape index (κ3) is 2.46. The lowest BCUT2D eigenvalue weighted by Crippen LogP contribution is -2.08. The number of ether oxygens (including phenoxy) is 1. The summed E-state index contributed by atoms with van der Waals surface area (Å²) in [4.78, 5) is 10.6. The molecule has 0 amide bonds. The molecule has 5 heteroatoms. The minimum absolute atomic E-state index is 0.196. The van der Waals surface area contributed by atoms with Crippen molar-refractivity contribution in [2.24, 2.45) is 0 Å². The average molecular weight is 311 g/mol. The maximum Gasteiger partial charge on any atom is 0.188 e. The van der Waals surface area contributed by atoms with Crippen LogP contribution in [0.25, 0.3) is 10.9 Å². The summed E-state index contributed by atoms with van der Waals surface area (Å²) in [7, 11) is 1.78. The maximum absolute atomic E-state index is 5.57. The summed E-state index contributed by atoms with van der Waals surface area (Å²) in [6, 6.07) is 12.2. The number of benzene rings is 1. The number of fused-ring (bicyclic) bond motifs is 2. The molecule has 2 heterocycles. The van der Waals surface area contributed by atoms with Crippen molar-refractivity contribution >= 4 is 33.2 Å². The fraction of sp³-hybridized carbons (Fsp3) is 0.294. The highest BCUT2D eigenvalue weighted by Crippen LogP contribution is 2.38. The van der Waals surface area contributed by atoms with E-state index in [-0.39, 0.29) is 6.10 Å². The van der Waals surface area contributed by atoms with Crippen LogP contribution in [0, 0.1) is 0 Å². The van der Waals surface area contributed by atoms with E-state index in [4.69, 9.17) is 9.72 Å². The molecule has 0 spiro atoms. The molecule has 1 atom stereocenters. The van der Waals surface area contributed by atoms with Gasteiger partial charge in [-0.3, -0.25) is 0 Å². The molecule has 0 saturated heterocycles. The summed E-state index contributed by atoms with van der Waals surface area (Å²) in [5.41, 5.74) is 2.16. The van der Waals surface area contributed by atoms with Gasteiger partial charge < -0.3 is 10.1 Å². The first-order chi connectivity index (χ1) is 10.8. The predicted octanol–water partition coefficient (Wildman–Crippen LogP) is 4.46. The number of thiazole rings is 1. The molecule has 2 aromatic heterocycles. The predicted molar refractivity (Wildman–Crippen MR) is 89.8 cm³/mol. The Hall–Kier alpha value is -1.98. The fourth-order valence-corrected chi connectivity index (χ4v) is 4.03. The van der Waals surface area contributed by atoms with Crippen molar-refractivity contribution in [3.05, 3.63) is 47.0 Å². The van der Waals surface area contributed by atoms with Crippen molar-refractivity contribution in [1.29, 1.82) is 0 Å². The maximum atomic E-state index is 5.57. The second-order valence-electron chi connectivity index (χ2n) is 5.46. The largest absolute Gasteiger partial charge is 0.376 e. The standard InChI is InChI=1S/C17H17N3OS/c1-21-14-8-4-7-13-16(14)22-17(19-13)20-15-10-9-11-5-2-3-6-12(11)18-15/h2-3,5-6,9-10,14H,4,7-8H2,1H3,(H,18,19,20). The van der Waals surface area contributed by atoms with Crippen molar-refractivity contribution in [3.63, 3.8) is 0 Å². The lowest BCUT2D eigenvalue weighted by molar-refractivity contribution is 0.0908. The molecule has 1 aliphatic carbocycles. The molecule has 0 aliphatic heterocycles. The molecule has 4 nitrogen and oxygen atoms in total. The minimum atomic E-state index is 0.196. The molecular formula is C17H17N3OS. The van der Waals surface area contributed by atoms with Gasteiger partial charge in [0, 0.05) is 12.5 Å². The molecule has 0 radical (unpaired) electrons. The molecule has 0 saturated carbocycles. The minimum Gasteiger partial charge on any atom is -0.376 e. The van der Waals surface area contributed by atoms with Gasteiger partial charge in [0.25, 0.3) is 0 Å². The number of anilines is 2. The second kappa shape index (κ2) is 5.66. The summed E-state index contributed by atoms with van der Waals surface area (Å²) < 4.78 is 5.57. The van der Waals surface area contributed by atoms with Gasteiger partial charge in [-0.15, -0.1) is 0 Å². The molecule has 4 rings (SSSR count). The summed E-state index contributed by atoms with van der Waals surface area (Å²) in [6.07, 6.45) is 3.46. The van der Waals surface area contributed by atoms with Crippen LogP contribution >= 0.6 is 11.3 Å². The van der Waals surface area contributed by atoms with Crippen LogP contribution in [-0.4, -0.2) is 17.1 Å². The number of hydrogen-bond acceptors (Lipinski definition) is 5. The van der Waals surface area contributed by atoms with Crippen molar-refractivity contribution in [2.75, 3.05) is 12.4 Å². The van der Waals surface area contributed by atoms with Crippen LogP contribution < -0.4 is 5.32 Å². The molecule has 1 unspecified atom stereocenters. The average Bonchev–Trinajstić information content (AvgIpc) is 2.97. The van der Waals surface area contributed by atoms with E-state index in [2.05, 4.69) is 22.4 Å². The van der Waals surface area contributed by atoms with E-state index in [0.29, 0.717) is 0 Å². The van der Waals surface area contributed by atoms with E-state index in [1.54, 1.807) is 18.4 Å². The van der Waals surface area contributed by atoms with Gasteiger partial charge in [-0.1, -0.05) is 29.5 Å². The number of para-hydroxylation sites is 1. The first kappa shape index (κ1) is 13.7. The molecular weight excluding hydrogens is 294 g/mol. The summed E-state index contributed by atoms with van der Waals surface area (Å²) >= 11 is 1.68. The van der Waals surface area contributed by atoms with Gasteiger partial charge in [0.15, 0.2) is 5.13 Å². The van der Waals surface area contributed by atoms with Gasteiger partial charge in [0.2, 0.25) is 0 Å². The lowest BCUT2D eigenvalue weighted by Gasteiger charge is -2.18. The summed E-state index contributed by atoms with van der Waals surface area (Å²) in [6.45, 7) is 0. The Morgan fingerprint density at radius 3 is 3.00 bits per heavy atom. The van der Waals surface area contributed by atoms with E-state index in [0.717, 1.165) is 41.1 Å². The summed E-state index contributed by atoms with van der Waals surface area (Å²) in [5.74, 6) is 0.832. The van der Waals surface area contributed by atoms with Gasteiger partial charge in [0.05, 0.1) is 22.2 Å². The third-order valence-corrected chi connectivity index (χ3v) is 5.12. The van der Waals surface area contributed by atoms with Crippen LogP contribution in [0.4, 0.5) is 10.9 Å². The number of methoxy groups -OCH3 is 1. The van der Waals surface area contributed by atoms with Gasteiger partial charge in [-0.25, -0.2) is 9.97 Å². The quantitative estimate of drug-likeness (QED) is 0.776. The number of hydrogen-bond donors (Lipinski definition) is 1. The first-order valence-electron chi connectivity index (χ1n) is 7.49. The zero-order valence-electron chi connectivity index (χ0n) is 12.4. The van der Waals surface area contributed by atoms with E-state index in [1.807, 2.05) is 24.3 Å². The van der Waals surface area contributed by atoms with Crippen molar-refractivity contribution in [1.82, 2.24) is 9.97 Å². The van der Waals surface area contributed by atoms with E-state index >= 15 is 0 Å². The number of nitrogens with one attached hydrogen (secondary N) is 1. The monoisotopic (exact) mass is 311 g/mol. The molecule has 1 aromatic carbocycles. The molecule has 1 N–H and O–H groups in total. The first-order valence-corrected chi connectivity index (χ1v) is 8.30. The van der Waals surface area contributed by atoms with Crippen molar-refractivity contribution in [3.8, 4) is 0 Å². The van der Waals surface area contributed by atoms with Gasteiger partial charge in [-0.05, 0) is 37.5 Å². The highest BCUT2D eigenvalue weighted by atomic mass is 32.1. The topological polar surface area (TPSA) is 47.0 Å². The summed E-state index contributed by atoms with van der Waals surface area (Å²) in [5, 5.41) is 5.38. The molecule has 3 aromatic rings. The number of aryl methyl sites for hydroxylation is 1. The van der Waals surface area contributed by atoms with Crippen molar-refractivity contribution in [2.45, 2.75) is 25.4 Å². The number of rotatable bonds is 3. The van der Waals surface area contributed by atoms with Gasteiger partial charge >= 0.3 is 0 Å². The highest BCUT2D eigenvalue weighted by molar-refractivity contribution is 7.15. The van der Waals surface area contributed by atoms with Gasteiger partial charge in [0.1, 0.15) is 5.82 Å². The van der Waals surface area contributed by atoms with E-state index in [9.17, 15) is 0 Å². The van der Waals surface area contributed by atoms with E-state index < -0.39 is 0 Å². The van der Waals surface area contributed by atoms with Crippen LogP contribution in [0.2, 0.25) is 0 Å². The number of aromatic nitrogens is 2. The van der Waals surface area contributed by atoms with E-state index in [1.165, 1.54) is 10.6 Å². The lowest BCUT2D eigenvalue weighted by atomic mass is 10.0. The van der Waals surface area contributed by atoms with Crippen LogP contribution in [0.15, 0.2) is 36.4 Å². The molecule has 0 fully saturated rings. The molecule has 1 aliphatic rings. The van der Waals surface area contributed by atoms with Crippen LogP contribution in [-0.2, 0) is 11.2 Å². The Kier molecular flexibility index (Phi) is 3.52. The zero-order chi connectivity index (χ0) is 14.9. The molecule has 22 heavy (non-hydrogen) atoms. The smallest absolute Gasteiger partial charge is 0.188 e. The zero-order valence-corrected chi connectivity index (χ0v) is 13.2. The Balaban J connectivity index is 1.63. The molecule has 0 bridgehead atoms. The number of pyridine rings is 1. The molecule has 112 valence electrons.